The molecular formula is C10H12N2O2. The minimum Gasteiger partial charge on any atom is -0.408 e. The van der Waals surface area contributed by atoms with Crippen LogP contribution in [-0.4, -0.2) is 11.1 Å². The first kappa shape index (κ1) is 8.87. The number of oxazole rings is 1. The average molecular weight is 192 g/mol. The molecule has 0 radical (unpaired) electrons. The summed E-state index contributed by atoms with van der Waals surface area (Å²) in [6.07, 6.45) is 0. The Hall–Kier alpha value is -1.71. The maximum atomic E-state index is 11.2. The Labute approximate surface area is 81.1 Å². The second-order valence-electron chi connectivity index (χ2n) is 3.14. The molecule has 0 fully saturated rings. The van der Waals surface area contributed by atoms with E-state index in [1.165, 1.54) is 4.57 Å². The molecule has 0 unspecified atom stereocenters. The van der Waals surface area contributed by atoms with E-state index >= 15 is 0 Å². The molecule has 0 aliphatic rings. The number of nitrogens with zero attached hydrogens (tertiary/aromatic N) is 1. The molecule has 0 amide bonds. The molecule has 0 aliphatic carbocycles. The number of benzene rings is 1. The van der Waals surface area contributed by atoms with Crippen molar-refractivity contribution in [2.45, 2.75) is 6.92 Å². The zero-order chi connectivity index (χ0) is 10.1. The van der Waals surface area contributed by atoms with E-state index in [-0.39, 0.29) is 5.76 Å². The van der Waals surface area contributed by atoms with Gasteiger partial charge in [0.1, 0.15) is 0 Å². The van der Waals surface area contributed by atoms with E-state index in [1.54, 1.807) is 13.1 Å². The van der Waals surface area contributed by atoms with Gasteiger partial charge in [-0.15, -0.1) is 0 Å². The number of fused-ring (bicyclic) bond motifs is 1. The van der Waals surface area contributed by atoms with Crippen LogP contribution in [0.15, 0.2) is 27.4 Å². The summed E-state index contributed by atoms with van der Waals surface area (Å²) < 4.78 is 6.51. The zero-order valence-corrected chi connectivity index (χ0v) is 8.20. The molecule has 0 bridgehead atoms. The molecule has 0 saturated carbocycles. The molecule has 2 aromatic rings. The average Bonchev–Trinajstić information content (AvgIpc) is 2.45. The summed E-state index contributed by atoms with van der Waals surface area (Å²) in [5, 5.41) is 3.18. The quantitative estimate of drug-likeness (QED) is 0.785. The number of rotatable bonds is 2. The Morgan fingerprint density at radius 1 is 1.50 bits per heavy atom. The minimum absolute atomic E-state index is 0.325. The molecule has 0 saturated heterocycles. The SMILES string of the molecule is CCNc1ccc2oc(=O)n(C)c2c1. The lowest BCUT2D eigenvalue weighted by molar-refractivity contribution is 0.528. The first-order valence-corrected chi connectivity index (χ1v) is 4.56. The molecule has 0 atom stereocenters. The van der Waals surface area contributed by atoms with Gasteiger partial charge < -0.3 is 9.73 Å². The van der Waals surface area contributed by atoms with Gasteiger partial charge in [0.2, 0.25) is 0 Å². The summed E-state index contributed by atoms with van der Waals surface area (Å²) in [4.78, 5) is 11.2. The molecule has 1 aromatic carbocycles. The Kier molecular flexibility index (Phi) is 2.04. The van der Waals surface area contributed by atoms with Crippen LogP contribution >= 0.6 is 0 Å². The highest BCUT2D eigenvalue weighted by atomic mass is 16.4. The van der Waals surface area contributed by atoms with Crippen molar-refractivity contribution in [1.82, 2.24) is 4.57 Å². The minimum atomic E-state index is -0.325. The smallest absolute Gasteiger partial charge is 0.408 e. The van der Waals surface area contributed by atoms with Crippen LogP contribution in [0.3, 0.4) is 0 Å². The van der Waals surface area contributed by atoms with Crippen LogP contribution in [0.1, 0.15) is 6.92 Å². The predicted molar refractivity (Wildman–Crippen MR) is 55.6 cm³/mol. The molecule has 14 heavy (non-hydrogen) atoms. The number of nitrogens with one attached hydrogen (secondary N) is 1. The van der Waals surface area contributed by atoms with E-state index in [0.29, 0.717) is 5.58 Å². The van der Waals surface area contributed by atoms with Gasteiger partial charge in [-0.1, -0.05) is 0 Å². The van der Waals surface area contributed by atoms with E-state index in [4.69, 9.17) is 4.42 Å². The zero-order valence-electron chi connectivity index (χ0n) is 8.20. The van der Waals surface area contributed by atoms with E-state index in [1.807, 2.05) is 19.1 Å². The van der Waals surface area contributed by atoms with Crippen LogP contribution in [0, 0.1) is 0 Å². The molecule has 74 valence electrons. The van der Waals surface area contributed by atoms with Gasteiger partial charge in [0.15, 0.2) is 5.58 Å². The molecule has 1 heterocycles. The molecular weight excluding hydrogens is 180 g/mol. The highest BCUT2D eigenvalue weighted by Gasteiger charge is 2.05. The number of anilines is 1. The summed E-state index contributed by atoms with van der Waals surface area (Å²) in [5.41, 5.74) is 2.43. The van der Waals surface area contributed by atoms with Gasteiger partial charge in [0, 0.05) is 19.3 Å². The Bertz CT molecular complexity index is 510. The Morgan fingerprint density at radius 2 is 2.29 bits per heavy atom. The van der Waals surface area contributed by atoms with Gasteiger partial charge >= 0.3 is 5.76 Å². The topological polar surface area (TPSA) is 47.2 Å². The van der Waals surface area contributed by atoms with E-state index in [0.717, 1.165) is 17.7 Å². The third kappa shape index (κ3) is 1.28. The number of aromatic nitrogens is 1. The van der Waals surface area contributed by atoms with Crippen molar-refractivity contribution in [3.63, 3.8) is 0 Å². The number of aryl methyl sites for hydroxylation is 1. The summed E-state index contributed by atoms with van der Waals surface area (Å²) in [6.45, 7) is 2.88. The monoisotopic (exact) mass is 192 g/mol. The van der Waals surface area contributed by atoms with Gasteiger partial charge in [-0.3, -0.25) is 4.57 Å². The van der Waals surface area contributed by atoms with Gasteiger partial charge in [0.05, 0.1) is 5.52 Å². The summed E-state index contributed by atoms with van der Waals surface area (Å²) in [7, 11) is 1.70. The molecule has 2 rings (SSSR count). The van der Waals surface area contributed by atoms with Crippen LogP contribution < -0.4 is 11.1 Å². The molecule has 1 N–H and O–H groups in total. The van der Waals surface area contributed by atoms with Crippen LogP contribution in [0.4, 0.5) is 5.69 Å². The van der Waals surface area contributed by atoms with Crippen molar-refractivity contribution in [3.8, 4) is 0 Å². The van der Waals surface area contributed by atoms with Crippen molar-refractivity contribution < 1.29 is 4.42 Å². The van der Waals surface area contributed by atoms with E-state index in [2.05, 4.69) is 5.32 Å². The highest BCUT2D eigenvalue weighted by Crippen LogP contribution is 2.17. The van der Waals surface area contributed by atoms with Gasteiger partial charge in [-0.25, -0.2) is 4.79 Å². The van der Waals surface area contributed by atoms with Crippen molar-refractivity contribution in [3.05, 3.63) is 28.7 Å². The molecule has 0 spiro atoms. The lowest BCUT2D eigenvalue weighted by Crippen LogP contribution is -2.08. The number of hydrogen-bond acceptors (Lipinski definition) is 3. The second kappa shape index (κ2) is 3.21. The first-order chi connectivity index (χ1) is 6.72. The standard InChI is InChI=1S/C10H12N2O2/c1-3-11-7-4-5-9-8(6-7)12(2)10(13)14-9/h4-6,11H,3H2,1-2H3. The van der Waals surface area contributed by atoms with Crippen molar-refractivity contribution in [2.75, 3.05) is 11.9 Å². The third-order valence-electron chi connectivity index (χ3n) is 2.17. The largest absolute Gasteiger partial charge is 0.419 e. The van der Waals surface area contributed by atoms with Crippen LogP contribution in [0.2, 0.25) is 0 Å². The Morgan fingerprint density at radius 3 is 3.00 bits per heavy atom. The van der Waals surface area contributed by atoms with Crippen molar-refractivity contribution in [2.24, 2.45) is 7.05 Å². The Balaban J connectivity index is 2.63. The fraction of sp³-hybridized carbons (Fsp3) is 0.300. The van der Waals surface area contributed by atoms with Crippen LogP contribution in [0.5, 0.6) is 0 Å². The molecule has 4 nitrogen and oxygen atoms in total. The first-order valence-electron chi connectivity index (χ1n) is 4.56. The normalized spacial score (nSPS) is 10.7. The van der Waals surface area contributed by atoms with Gasteiger partial charge in [-0.05, 0) is 25.1 Å². The third-order valence-corrected chi connectivity index (χ3v) is 2.17. The maximum absolute atomic E-state index is 11.2. The fourth-order valence-corrected chi connectivity index (χ4v) is 1.44. The summed E-state index contributed by atoms with van der Waals surface area (Å²) in [5.74, 6) is -0.325. The highest BCUT2D eigenvalue weighted by molar-refractivity contribution is 5.77. The van der Waals surface area contributed by atoms with Gasteiger partial charge in [0.25, 0.3) is 0 Å². The lowest BCUT2D eigenvalue weighted by atomic mass is 10.3. The predicted octanol–water partition coefficient (Wildman–Crippen LogP) is 1.56. The van der Waals surface area contributed by atoms with Crippen LogP contribution in [-0.2, 0) is 7.05 Å². The van der Waals surface area contributed by atoms with Crippen LogP contribution in [0.25, 0.3) is 11.1 Å². The van der Waals surface area contributed by atoms with E-state index in [9.17, 15) is 4.79 Å². The lowest BCUT2D eigenvalue weighted by Gasteiger charge is -2.01. The van der Waals surface area contributed by atoms with E-state index < -0.39 is 0 Å². The molecule has 4 heteroatoms. The van der Waals surface area contributed by atoms with Gasteiger partial charge in [-0.2, -0.15) is 0 Å². The summed E-state index contributed by atoms with van der Waals surface area (Å²) >= 11 is 0. The van der Waals surface area contributed by atoms with Crippen molar-refractivity contribution in [1.29, 1.82) is 0 Å². The molecule has 0 aliphatic heterocycles. The van der Waals surface area contributed by atoms with Crippen molar-refractivity contribution >= 4 is 16.8 Å². The second-order valence-corrected chi connectivity index (χ2v) is 3.14. The number of hydrogen-bond donors (Lipinski definition) is 1. The molecule has 1 aromatic heterocycles. The fourth-order valence-electron chi connectivity index (χ4n) is 1.44. The summed E-state index contributed by atoms with van der Waals surface area (Å²) in [6, 6.07) is 5.60. The maximum Gasteiger partial charge on any atom is 0.419 e.